The van der Waals surface area contributed by atoms with Gasteiger partial charge in [-0.2, -0.15) is 13.2 Å². The van der Waals surface area contributed by atoms with Crippen molar-refractivity contribution in [2.24, 2.45) is 0 Å². The van der Waals surface area contributed by atoms with E-state index in [0.29, 0.717) is 6.42 Å². The van der Waals surface area contributed by atoms with E-state index in [-0.39, 0.29) is 10.9 Å². The average Bonchev–Trinajstić information content (AvgIpc) is 2.34. The summed E-state index contributed by atoms with van der Waals surface area (Å²) in [4.78, 5) is 10.5. The van der Waals surface area contributed by atoms with Crippen LogP contribution in [0, 0.1) is 0 Å². The van der Waals surface area contributed by atoms with Crippen molar-refractivity contribution in [3.05, 3.63) is 0 Å². The van der Waals surface area contributed by atoms with Gasteiger partial charge in [0, 0.05) is 10.9 Å². The van der Waals surface area contributed by atoms with E-state index >= 15 is 0 Å². The number of hydrogen-bond acceptors (Lipinski definition) is 1. The van der Waals surface area contributed by atoms with Crippen LogP contribution >= 0.6 is 15.9 Å². The topological polar surface area (TPSA) is 29.1 Å². The van der Waals surface area contributed by atoms with Gasteiger partial charge < -0.3 is 5.32 Å². The van der Waals surface area contributed by atoms with Crippen molar-refractivity contribution in [3.8, 4) is 0 Å². The van der Waals surface area contributed by atoms with Crippen LogP contribution in [0.15, 0.2) is 0 Å². The zero-order chi connectivity index (χ0) is 10.1. The monoisotopic (exact) mass is 259 g/mol. The fourth-order valence-corrected chi connectivity index (χ4v) is 2.05. The Hall–Kier alpha value is -0.260. The Labute approximate surface area is 82.0 Å². The third kappa shape index (κ3) is 2.86. The van der Waals surface area contributed by atoms with Gasteiger partial charge in [-0.1, -0.05) is 22.4 Å². The Bertz CT molecular complexity index is 206. The summed E-state index contributed by atoms with van der Waals surface area (Å²) in [6.07, 6.45) is -2.51. The average molecular weight is 260 g/mol. The molecule has 0 aromatic rings. The SMILES string of the molecule is O=C(NC1CCCC1Br)C(F)(F)F. The number of halogens is 4. The highest BCUT2D eigenvalue weighted by atomic mass is 79.9. The summed E-state index contributed by atoms with van der Waals surface area (Å²) >= 11 is 3.22. The molecule has 0 aliphatic heterocycles. The number of carbonyl (C=O) groups excluding carboxylic acids is 1. The fraction of sp³-hybridized carbons (Fsp3) is 0.857. The van der Waals surface area contributed by atoms with Gasteiger partial charge in [-0.05, 0) is 12.8 Å². The molecule has 1 rings (SSSR count). The van der Waals surface area contributed by atoms with Crippen molar-refractivity contribution < 1.29 is 18.0 Å². The molecule has 1 N–H and O–H groups in total. The standard InChI is InChI=1S/C7H9BrF3NO/c8-4-2-1-3-5(4)12-6(13)7(9,10)11/h4-5H,1-3H2,(H,12,13). The van der Waals surface area contributed by atoms with Gasteiger partial charge in [-0.15, -0.1) is 0 Å². The van der Waals surface area contributed by atoms with E-state index in [9.17, 15) is 18.0 Å². The predicted octanol–water partition coefficient (Wildman–Crippen LogP) is 1.98. The van der Waals surface area contributed by atoms with Crippen LogP contribution in [0.5, 0.6) is 0 Å². The first kappa shape index (κ1) is 10.8. The highest BCUT2D eigenvalue weighted by Gasteiger charge is 2.41. The van der Waals surface area contributed by atoms with E-state index in [1.165, 1.54) is 0 Å². The van der Waals surface area contributed by atoms with Gasteiger partial charge >= 0.3 is 12.1 Å². The molecule has 0 spiro atoms. The molecule has 1 fully saturated rings. The number of amides is 1. The van der Waals surface area contributed by atoms with Crippen molar-refractivity contribution in [1.29, 1.82) is 0 Å². The van der Waals surface area contributed by atoms with E-state index in [4.69, 9.17) is 0 Å². The largest absolute Gasteiger partial charge is 0.471 e. The lowest BCUT2D eigenvalue weighted by atomic mass is 10.2. The molecule has 1 aliphatic rings. The molecule has 2 nitrogen and oxygen atoms in total. The molecule has 0 aromatic heterocycles. The van der Waals surface area contributed by atoms with Gasteiger partial charge in [-0.25, -0.2) is 0 Å². The van der Waals surface area contributed by atoms with Gasteiger partial charge in [0.2, 0.25) is 0 Å². The van der Waals surface area contributed by atoms with Gasteiger partial charge in [-0.3, -0.25) is 4.79 Å². The van der Waals surface area contributed by atoms with E-state index in [1.54, 1.807) is 0 Å². The minimum absolute atomic E-state index is 0.0289. The second kappa shape index (κ2) is 3.86. The second-order valence-corrected chi connectivity index (χ2v) is 4.20. The van der Waals surface area contributed by atoms with Crippen LogP contribution in [0.2, 0.25) is 0 Å². The van der Waals surface area contributed by atoms with Crippen LogP contribution in [0.4, 0.5) is 13.2 Å². The first-order valence-electron chi connectivity index (χ1n) is 3.93. The molecule has 0 heterocycles. The highest BCUT2D eigenvalue weighted by molar-refractivity contribution is 9.09. The highest BCUT2D eigenvalue weighted by Crippen LogP contribution is 2.26. The van der Waals surface area contributed by atoms with E-state index < -0.39 is 12.1 Å². The molecule has 0 radical (unpaired) electrons. The number of alkyl halides is 4. The number of hydrogen-bond donors (Lipinski definition) is 1. The Morgan fingerprint density at radius 2 is 2.00 bits per heavy atom. The summed E-state index contributed by atoms with van der Waals surface area (Å²) in [6.45, 7) is 0. The quantitative estimate of drug-likeness (QED) is 0.717. The van der Waals surface area contributed by atoms with Crippen molar-refractivity contribution in [2.75, 3.05) is 0 Å². The van der Waals surface area contributed by atoms with Crippen LogP contribution in [0.25, 0.3) is 0 Å². The minimum Gasteiger partial charge on any atom is -0.344 e. The minimum atomic E-state index is -4.77. The van der Waals surface area contributed by atoms with Crippen LogP contribution in [-0.4, -0.2) is 23.0 Å². The lowest BCUT2D eigenvalue weighted by molar-refractivity contribution is -0.174. The molecule has 2 unspecified atom stereocenters. The van der Waals surface area contributed by atoms with Crippen LogP contribution < -0.4 is 5.32 Å². The second-order valence-electron chi connectivity index (χ2n) is 3.02. The Kier molecular flexibility index (Phi) is 3.21. The van der Waals surface area contributed by atoms with E-state index in [2.05, 4.69) is 15.9 Å². The Balaban J connectivity index is 2.45. The first-order chi connectivity index (χ1) is 5.91. The van der Waals surface area contributed by atoms with Crippen LogP contribution in [0.1, 0.15) is 19.3 Å². The zero-order valence-corrected chi connectivity index (χ0v) is 8.28. The van der Waals surface area contributed by atoms with Gasteiger partial charge in [0.1, 0.15) is 0 Å². The van der Waals surface area contributed by atoms with Crippen molar-refractivity contribution >= 4 is 21.8 Å². The third-order valence-corrected chi connectivity index (χ3v) is 3.10. The normalized spacial score (nSPS) is 28.9. The van der Waals surface area contributed by atoms with Crippen LogP contribution in [0.3, 0.4) is 0 Å². The van der Waals surface area contributed by atoms with E-state index in [1.807, 2.05) is 5.32 Å². The molecule has 1 saturated carbocycles. The fourth-order valence-electron chi connectivity index (χ4n) is 1.33. The molecular formula is C7H9BrF3NO. The summed E-state index contributed by atoms with van der Waals surface area (Å²) in [7, 11) is 0. The summed E-state index contributed by atoms with van der Waals surface area (Å²) in [5, 5.41) is 1.96. The molecule has 0 aromatic carbocycles. The Morgan fingerprint density at radius 1 is 1.38 bits per heavy atom. The maximum atomic E-state index is 11.8. The van der Waals surface area contributed by atoms with Crippen LogP contribution in [-0.2, 0) is 4.79 Å². The summed E-state index contributed by atoms with van der Waals surface area (Å²) in [5.41, 5.74) is 0. The number of rotatable bonds is 1. The molecule has 0 saturated heterocycles. The molecular weight excluding hydrogens is 251 g/mol. The lowest BCUT2D eigenvalue weighted by Crippen LogP contribution is -2.44. The molecule has 2 atom stereocenters. The Morgan fingerprint density at radius 3 is 2.38 bits per heavy atom. The number of carbonyl (C=O) groups is 1. The van der Waals surface area contributed by atoms with Crippen molar-refractivity contribution in [2.45, 2.75) is 36.3 Å². The van der Waals surface area contributed by atoms with E-state index in [0.717, 1.165) is 12.8 Å². The zero-order valence-electron chi connectivity index (χ0n) is 6.70. The molecule has 0 bridgehead atoms. The summed E-state index contributed by atoms with van der Waals surface area (Å²) in [5.74, 6) is -1.84. The number of nitrogens with one attached hydrogen (secondary N) is 1. The van der Waals surface area contributed by atoms with Gasteiger partial charge in [0.15, 0.2) is 0 Å². The lowest BCUT2D eigenvalue weighted by Gasteiger charge is -2.16. The van der Waals surface area contributed by atoms with Crippen molar-refractivity contribution in [1.82, 2.24) is 5.32 Å². The molecule has 13 heavy (non-hydrogen) atoms. The molecule has 6 heteroatoms. The smallest absolute Gasteiger partial charge is 0.344 e. The van der Waals surface area contributed by atoms with Crippen molar-refractivity contribution in [3.63, 3.8) is 0 Å². The summed E-state index contributed by atoms with van der Waals surface area (Å²) in [6, 6.07) is -0.380. The molecule has 76 valence electrons. The maximum Gasteiger partial charge on any atom is 0.471 e. The van der Waals surface area contributed by atoms with Gasteiger partial charge in [0.05, 0.1) is 0 Å². The third-order valence-electron chi connectivity index (χ3n) is 2.01. The molecule has 1 amide bonds. The van der Waals surface area contributed by atoms with Gasteiger partial charge in [0.25, 0.3) is 0 Å². The molecule has 1 aliphatic carbocycles. The summed E-state index contributed by atoms with van der Waals surface area (Å²) < 4.78 is 35.4. The predicted molar refractivity (Wildman–Crippen MR) is 44.6 cm³/mol. The first-order valence-corrected chi connectivity index (χ1v) is 4.84. The maximum absolute atomic E-state index is 11.8.